The fourth-order valence-corrected chi connectivity index (χ4v) is 3.26. The van der Waals surface area contributed by atoms with Crippen LogP contribution in [0.2, 0.25) is 5.02 Å². The van der Waals surface area contributed by atoms with Gasteiger partial charge in [0.25, 0.3) is 0 Å². The molecule has 0 unspecified atom stereocenters. The zero-order chi connectivity index (χ0) is 12.7. The molecular weight excluding hydrogens is 264 g/mol. The van der Waals surface area contributed by atoms with Crippen molar-refractivity contribution in [2.75, 3.05) is 5.73 Å². The average Bonchev–Trinajstić information content (AvgIpc) is 2.78. The van der Waals surface area contributed by atoms with Gasteiger partial charge in [-0.25, -0.2) is 4.98 Å². The van der Waals surface area contributed by atoms with Gasteiger partial charge in [-0.1, -0.05) is 29.8 Å². The van der Waals surface area contributed by atoms with Gasteiger partial charge in [-0.2, -0.15) is 0 Å². The van der Waals surface area contributed by atoms with Crippen molar-refractivity contribution < 1.29 is 0 Å². The van der Waals surface area contributed by atoms with Crippen LogP contribution in [0, 0.1) is 6.92 Å². The molecule has 0 bridgehead atoms. The minimum absolute atomic E-state index is 0.691. The summed E-state index contributed by atoms with van der Waals surface area (Å²) in [5.41, 5.74) is 9.72. The van der Waals surface area contributed by atoms with Gasteiger partial charge in [0.05, 0.1) is 9.72 Å². The van der Waals surface area contributed by atoms with Crippen LogP contribution in [0.1, 0.15) is 5.56 Å². The van der Waals surface area contributed by atoms with Crippen LogP contribution >= 0.6 is 22.9 Å². The number of rotatable bonds is 1. The highest BCUT2D eigenvalue weighted by molar-refractivity contribution is 7.21. The van der Waals surface area contributed by atoms with E-state index in [1.165, 1.54) is 0 Å². The van der Waals surface area contributed by atoms with E-state index in [0.717, 1.165) is 32.0 Å². The van der Waals surface area contributed by atoms with Crippen LogP contribution < -0.4 is 5.73 Å². The molecule has 0 aliphatic carbocycles. The number of halogens is 1. The Morgan fingerprint density at radius 3 is 2.72 bits per heavy atom. The van der Waals surface area contributed by atoms with E-state index in [0.29, 0.717) is 5.02 Å². The summed E-state index contributed by atoms with van der Waals surface area (Å²) < 4.78 is 1.10. The van der Waals surface area contributed by atoms with Crippen molar-refractivity contribution in [2.45, 2.75) is 6.92 Å². The number of thiazole rings is 1. The number of fused-ring (bicyclic) bond motifs is 1. The highest BCUT2D eigenvalue weighted by Crippen LogP contribution is 2.35. The first-order valence-corrected chi connectivity index (χ1v) is 6.77. The number of nitrogens with two attached hydrogens (primary N) is 1. The zero-order valence-corrected chi connectivity index (χ0v) is 11.3. The van der Waals surface area contributed by atoms with Crippen molar-refractivity contribution in [1.82, 2.24) is 4.98 Å². The molecule has 0 amide bonds. The Bertz CT molecular complexity index is 734. The second-order valence-electron chi connectivity index (χ2n) is 4.13. The van der Waals surface area contributed by atoms with E-state index in [-0.39, 0.29) is 0 Å². The smallest absolute Gasteiger partial charge is 0.125 e. The van der Waals surface area contributed by atoms with Crippen molar-refractivity contribution in [3.63, 3.8) is 0 Å². The lowest BCUT2D eigenvalue weighted by molar-refractivity contribution is 1.41. The normalized spacial score (nSPS) is 11.0. The molecule has 2 aromatic carbocycles. The predicted molar refractivity (Wildman–Crippen MR) is 79.2 cm³/mol. The summed E-state index contributed by atoms with van der Waals surface area (Å²) in [6.07, 6.45) is 0. The SMILES string of the molecule is Cc1c(N)cccc1-c1nc2c(Cl)cccc2s1. The van der Waals surface area contributed by atoms with Gasteiger partial charge in [0.1, 0.15) is 10.5 Å². The summed E-state index contributed by atoms with van der Waals surface area (Å²) >= 11 is 7.78. The van der Waals surface area contributed by atoms with Crippen molar-refractivity contribution in [1.29, 1.82) is 0 Å². The van der Waals surface area contributed by atoms with Crippen LogP contribution in [0.15, 0.2) is 36.4 Å². The van der Waals surface area contributed by atoms with Gasteiger partial charge in [-0.05, 0) is 30.7 Å². The van der Waals surface area contributed by atoms with E-state index in [4.69, 9.17) is 17.3 Å². The van der Waals surface area contributed by atoms with Crippen LogP contribution in [0.5, 0.6) is 0 Å². The van der Waals surface area contributed by atoms with E-state index < -0.39 is 0 Å². The highest BCUT2D eigenvalue weighted by atomic mass is 35.5. The molecule has 3 aromatic rings. The maximum atomic E-state index is 6.15. The summed E-state index contributed by atoms with van der Waals surface area (Å²) in [6, 6.07) is 11.7. The van der Waals surface area contributed by atoms with E-state index >= 15 is 0 Å². The topological polar surface area (TPSA) is 38.9 Å². The number of benzene rings is 2. The number of aromatic nitrogens is 1. The fraction of sp³-hybridized carbons (Fsp3) is 0.0714. The van der Waals surface area contributed by atoms with E-state index in [2.05, 4.69) is 4.98 Å². The minimum Gasteiger partial charge on any atom is -0.398 e. The summed E-state index contributed by atoms with van der Waals surface area (Å²) in [5, 5.41) is 1.65. The van der Waals surface area contributed by atoms with Gasteiger partial charge in [-0.15, -0.1) is 11.3 Å². The Hall–Kier alpha value is -1.58. The third-order valence-corrected chi connectivity index (χ3v) is 4.33. The van der Waals surface area contributed by atoms with Crippen LogP contribution in [-0.2, 0) is 0 Å². The van der Waals surface area contributed by atoms with Crippen LogP contribution in [-0.4, -0.2) is 4.98 Å². The Balaban J connectivity index is 2.26. The molecule has 0 fully saturated rings. The molecule has 4 heteroatoms. The molecule has 1 aromatic heterocycles. The lowest BCUT2D eigenvalue weighted by Gasteiger charge is -2.04. The number of nitrogen functional groups attached to an aromatic ring is 1. The maximum absolute atomic E-state index is 6.15. The quantitative estimate of drug-likeness (QED) is 0.663. The standard InChI is InChI=1S/C14H11ClN2S/c1-8-9(4-2-6-11(8)16)14-17-13-10(15)5-3-7-12(13)18-14/h2-7H,16H2,1H3. The third kappa shape index (κ3) is 1.76. The molecule has 0 aliphatic heterocycles. The number of nitrogens with zero attached hydrogens (tertiary/aromatic N) is 1. The summed E-state index contributed by atoms with van der Waals surface area (Å²) in [5.74, 6) is 0. The van der Waals surface area contributed by atoms with Gasteiger partial charge < -0.3 is 5.73 Å². The maximum Gasteiger partial charge on any atom is 0.125 e. The first-order chi connectivity index (χ1) is 8.66. The summed E-state index contributed by atoms with van der Waals surface area (Å²) in [4.78, 5) is 4.62. The highest BCUT2D eigenvalue weighted by Gasteiger charge is 2.11. The lowest BCUT2D eigenvalue weighted by atomic mass is 10.1. The molecular formula is C14H11ClN2S. The summed E-state index contributed by atoms with van der Waals surface area (Å²) in [7, 11) is 0. The molecule has 2 N–H and O–H groups in total. The second-order valence-corrected chi connectivity index (χ2v) is 5.56. The summed E-state index contributed by atoms with van der Waals surface area (Å²) in [6.45, 7) is 2.01. The van der Waals surface area contributed by atoms with Gasteiger partial charge in [0, 0.05) is 11.3 Å². The fourth-order valence-electron chi connectivity index (χ4n) is 1.92. The van der Waals surface area contributed by atoms with Crippen molar-refractivity contribution in [2.24, 2.45) is 0 Å². The largest absolute Gasteiger partial charge is 0.398 e. The number of hydrogen-bond acceptors (Lipinski definition) is 3. The van der Waals surface area contributed by atoms with Crippen molar-refractivity contribution >= 4 is 38.8 Å². The van der Waals surface area contributed by atoms with Gasteiger partial charge >= 0.3 is 0 Å². The molecule has 0 saturated carbocycles. The van der Waals surface area contributed by atoms with Crippen molar-refractivity contribution in [3.8, 4) is 10.6 Å². The first kappa shape index (κ1) is 11.5. The molecule has 1 heterocycles. The number of anilines is 1. The predicted octanol–water partition coefficient (Wildman–Crippen LogP) is 4.51. The molecule has 0 atom stereocenters. The van der Waals surface area contributed by atoms with Gasteiger partial charge in [-0.3, -0.25) is 0 Å². The van der Waals surface area contributed by atoms with E-state index in [9.17, 15) is 0 Å². The Labute approximate surface area is 114 Å². The molecule has 0 saturated heterocycles. The lowest BCUT2D eigenvalue weighted by Crippen LogP contribution is -1.91. The average molecular weight is 275 g/mol. The molecule has 0 spiro atoms. The molecule has 2 nitrogen and oxygen atoms in total. The Morgan fingerprint density at radius 2 is 1.94 bits per heavy atom. The molecule has 3 rings (SSSR count). The number of para-hydroxylation sites is 1. The molecule has 90 valence electrons. The van der Waals surface area contributed by atoms with Crippen LogP contribution in [0.4, 0.5) is 5.69 Å². The monoisotopic (exact) mass is 274 g/mol. The molecule has 0 aliphatic rings. The van der Waals surface area contributed by atoms with E-state index in [1.807, 2.05) is 43.3 Å². The van der Waals surface area contributed by atoms with Crippen molar-refractivity contribution in [3.05, 3.63) is 47.0 Å². The second kappa shape index (κ2) is 4.26. The minimum atomic E-state index is 0.691. The van der Waals surface area contributed by atoms with E-state index in [1.54, 1.807) is 11.3 Å². The molecule has 0 radical (unpaired) electrons. The van der Waals surface area contributed by atoms with Gasteiger partial charge in [0.15, 0.2) is 0 Å². The zero-order valence-electron chi connectivity index (χ0n) is 9.77. The third-order valence-electron chi connectivity index (χ3n) is 2.98. The first-order valence-electron chi connectivity index (χ1n) is 5.57. The Kier molecular flexibility index (Phi) is 2.73. The molecule has 18 heavy (non-hydrogen) atoms. The van der Waals surface area contributed by atoms with Crippen LogP contribution in [0.3, 0.4) is 0 Å². The van der Waals surface area contributed by atoms with Gasteiger partial charge in [0.2, 0.25) is 0 Å². The Morgan fingerprint density at radius 1 is 1.17 bits per heavy atom. The number of hydrogen-bond donors (Lipinski definition) is 1. The van der Waals surface area contributed by atoms with Crippen LogP contribution in [0.25, 0.3) is 20.8 Å².